The number of hydrogen-bond acceptors (Lipinski definition) is 8. The highest BCUT2D eigenvalue weighted by molar-refractivity contribution is 7.19. The van der Waals surface area contributed by atoms with Crippen molar-refractivity contribution in [2.24, 2.45) is 0 Å². The lowest BCUT2D eigenvalue weighted by atomic mass is 10.2. The topological polar surface area (TPSA) is 83.4 Å². The number of carbonyl (C=O) groups excluding carboxylic acids is 1. The number of esters is 1. The molecule has 0 amide bonds. The maximum Gasteiger partial charge on any atom is 0.337 e. The third kappa shape index (κ3) is 3.48. The van der Waals surface area contributed by atoms with Crippen LogP contribution in [-0.4, -0.2) is 35.1 Å². The molecule has 0 unspecified atom stereocenters. The second kappa shape index (κ2) is 7.96. The Hall–Kier alpha value is -3.52. The van der Waals surface area contributed by atoms with Gasteiger partial charge in [0.05, 0.1) is 25.2 Å². The average molecular weight is 433 g/mol. The Morgan fingerprint density at radius 3 is 2.77 bits per heavy atom. The van der Waals surface area contributed by atoms with E-state index in [1.807, 2.05) is 12.1 Å². The summed E-state index contributed by atoms with van der Waals surface area (Å²) in [6.45, 7) is 0. The number of thiophene rings is 1. The molecular weight excluding hydrogens is 414 g/mol. The molecule has 1 aliphatic rings. The van der Waals surface area contributed by atoms with E-state index in [0.29, 0.717) is 28.8 Å². The van der Waals surface area contributed by atoms with Crippen LogP contribution in [0, 0.1) is 0 Å². The van der Waals surface area contributed by atoms with Gasteiger partial charge in [0.2, 0.25) is 5.88 Å². The highest BCUT2D eigenvalue weighted by Crippen LogP contribution is 2.43. The van der Waals surface area contributed by atoms with Crippen molar-refractivity contribution in [2.45, 2.75) is 19.3 Å². The molecule has 5 rings (SSSR count). The average Bonchev–Trinajstić information content (AvgIpc) is 3.40. The van der Waals surface area contributed by atoms with Crippen LogP contribution in [0.25, 0.3) is 21.6 Å². The number of methoxy groups -OCH3 is 2. The molecule has 0 N–H and O–H groups in total. The minimum atomic E-state index is -0.441. The van der Waals surface area contributed by atoms with E-state index in [9.17, 15) is 4.79 Å². The highest BCUT2D eigenvalue weighted by atomic mass is 32.1. The number of aryl methyl sites for hydroxylation is 2. The quantitative estimate of drug-likeness (QED) is 0.417. The summed E-state index contributed by atoms with van der Waals surface area (Å²) >= 11 is 1.70. The molecule has 0 aliphatic heterocycles. The summed E-state index contributed by atoms with van der Waals surface area (Å²) in [7, 11) is 2.87. The number of nitrogens with zero attached hydrogens (tertiary/aromatic N) is 3. The van der Waals surface area contributed by atoms with Gasteiger partial charge in [-0.2, -0.15) is 4.98 Å². The Labute approximate surface area is 182 Å². The van der Waals surface area contributed by atoms with Gasteiger partial charge in [-0.05, 0) is 55.2 Å². The molecule has 0 bridgehead atoms. The monoisotopic (exact) mass is 433 g/mol. The lowest BCUT2D eigenvalue weighted by Gasteiger charge is -2.13. The maximum absolute atomic E-state index is 11.9. The molecule has 1 aromatic carbocycles. The van der Waals surface area contributed by atoms with Crippen LogP contribution in [0.4, 0.5) is 0 Å². The lowest BCUT2D eigenvalue weighted by Crippen LogP contribution is -2.02. The van der Waals surface area contributed by atoms with Gasteiger partial charge >= 0.3 is 5.97 Å². The van der Waals surface area contributed by atoms with Crippen molar-refractivity contribution in [3.63, 3.8) is 0 Å². The number of ether oxygens (including phenoxy) is 3. The summed E-state index contributed by atoms with van der Waals surface area (Å²) in [6.07, 6.45) is 6.61. The number of fused-ring (bicyclic) bond motifs is 3. The van der Waals surface area contributed by atoms with Crippen LogP contribution >= 0.6 is 11.3 Å². The molecule has 4 aromatic rings. The summed E-state index contributed by atoms with van der Waals surface area (Å²) in [4.78, 5) is 27.9. The van der Waals surface area contributed by atoms with Crippen LogP contribution in [-0.2, 0) is 17.6 Å². The molecule has 3 heterocycles. The van der Waals surface area contributed by atoms with Crippen molar-refractivity contribution >= 4 is 27.5 Å². The lowest BCUT2D eigenvalue weighted by molar-refractivity contribution is 0.0600. The molecule has 0 saturated heterocycles. The van der Waals surface area contributed by atoms with Crippen LogP contribution < -0.4 is 9.47 Å². The Balaban J connectivity index is 1.64. The van der Waals surface area contributed by atoms with Crippen molar-refractivity contribution in [3.05, 3.63) is 58.7 Å². The van der Waals surface area contributed by atoms with Crippen LogP contribution in [0.1, 0.15) is 27.2 Å². The standard InChI is InChI=1S/C23H19N3O4S/c1-28-17-11-13(23(27)29-2)8-9-16(17)30-21-19-15-6-3-7-18(15)31-22(19)26-20(25-21)14-5-4-10-24-12-14/h4-5,8-12H,3,6-7H2,1-2H3. The van der Waals surface area contributed by atoms with Crippen molar-refractivity contribution in [1.82, 2.24) is 15.0 Å². The summed E-state index contributed by atoms with van der Waals surface area (Å²) in [6, 6.07) is 8.70. The molecule has 31 heavy (non-hydrogen) atoms. The van der Waals surface area contributed by atoms with Crippen molar-refractivity contribution in [1.29, 1.82) is 0 Å². The van der Waals surface area contributed by atoms with Crippen LogP contribution in [0.15, 0.2) is 42.7 Å². The van der Waals surface area contributed by atoms with Crippen molar-refractivity contribution in [3.8, 4) is 28.8 Å². The minimum Gasteiger partial charge on any atom is -0.493 e. The Bertz CT molecular complexity index is 1290. The van der Waals surface area contributed by atoms with Gasteiger partial charge in [0, 0.05) is 22.8 Å². The van der Waals surface area contributed by atoms with Gasteiger partial charge in [-0.1, -0.05) is 0 Å². The van der Waals surface area contributed by atoms with Crippen molar-refractivity contribution < 1.29 is 19.0 Å². The fourth-order valence-corrected chi connectivity index (χ4v) is 5.01. The molecule has 0 fully saturated rings. The number of benzene rings is 1. The molecule has 0 saturated carbocycles. The van der Waals surface area contributed by atoms with E-state index in [0.717, 1.165) is 35.0 Å². The fourth-order valence-electron chi connectivity index (χ4n) is 3.76. The zero-order valence-corrected chi connectivity index (χ0v) is 17.9. The summed E-state index contributed by atoms with van der Waals surface area (Å²) in [5.74, 6) is 1.48. The van der Waals surface area contributed by atoms with E-state index in [1.54, 1.807) is 41.9 Å². The van der Waals surface area contributed by atoms with Gasteiger partial charge < -0.3 is 14.2 Å². The molecule has 0 atom stereocenters. The number of aromatic nitrogens is 3. The van der Waals surface area contributed by atoms with E-state index in [1.165, 1.54) is 24.7 Å². The Morgan fingerprint density at radius 2 is 2.00 bits per heavy atom. The van der Waals surface area contributed by atoms with Gasteiger partial charge in [-0.15, -0.1) is 11.3 Å². The summed E-state index contributed by atoms with van der Waals surface area (Å²) in [5.41, 5.74) is 2.46. The first-order valence-corrected chi connectivity index (χ1v) is 10.7. The summed E-state index contributed by atoms with van der Waals surface area (Å²) < 4.78 is 16.6. The van der Waals surface area contributed by atoms with Crippen LogP contribution in [0.5, 0.6) is 17.4 Å². The third-order valence-corrected chi connectivity index (χ3v) is 6.43. The largest absolute Gasteiger partial charge is 0.493 e. The Kier molecular flexibility index (Phi) is 4.99. The van der Waals surface area contributed by atoms with Gasteiger partial charge in [-0.3, -0.25) is 4.98 Å². The number of rotatable bonds is 5. The van der Waals surface area contributed by atoms with Gasteiger partial charge in [-0.25, -0.2) is 9.78 Å². The third-order valence-electron chi connectivity index (χ3n) is 5.24. The zero-order chi connectivity index (χ0) is 21.4. The van der Waals surface area contributed by atoms with E-state index in [4.69, 9.17) is 24.2 Å². The molecule has 1 aliphatic carbocycles. The van der Waals surface area contributed by atoms with Crippen LogP contribution in [0.3, 0.4) is 0 Å². The zero-order valence-electron chi connectivity index (χ0n) is 17.0. The number of hydrogen-bond donors (Lipinski definition) is 0. The second-order valence-electron chi connectivity index (χ2n) is 7.09. The SMILES string of the molecule is COC(=O)c1ccc(Oc2nc(-c3cccnc3)nc3sc4c(c23)CCC4)c(OC)c1. The van der Waals surface area contributed by atoms with Gasteiger partial charge in [0.15, 0.2) is 17.3 Å². The minimum absolute atomic E-state index is 0.381. The predicted octanol–water partition coefficient (Wildman–Crippen LogP) is 4.83. The van der Waals surface area contributed by atoms with Gasteiger partial charge in [0.25, 0.3) is 0 Å². The van der Waals surface area contributed by atoms with E-state index in [-0.39, 0.29) is 0 Å². The van der Waals surface area contributed by atoms with E-state index >= 15 is 0 Å². The number of carbonyl (C=O) groups is 1. The first-order chi connectivity index (χ1) is 15.2. The molecule has 7 nitrogen and oxygen atoms in total. The first-order valence-electron chi connectivity index (χ1n) is 9.85. The Morgan fingerprint density at radius 1 is 1.10 bits per heavy atom. The fraction of sp³-hybridized carbons (Fsp3) is 0.217. The summed E-state index contributed by atoms with van der Waals surface area (Å²) in [5, 5.41) is 0.948. The predicted molar refractivity (Wildman–Crippen MR) is 117 cm³/mol. The molecular formula is C23H19N3O4S. The first kappa shape index (κ1) is 19.4. The van der Waals surface area contributed by atoms with E-state index < -0.39 is 5.97 Å². The smallest absolute Gasteiger partial charge is 0.337 e. The van der Waals surface area contributed by atoms with Crippen LogP contribution in [0.2, 0.25) is 0 Å². The van der Waals surface area contributed by atoms with Gasteiger partial charge in [0.1, 0.15) is 4.83 Å². The maximum atomic E-state index is 11.9. The normalized spacial score (nSPS) is 12.6. The molecule has 8 heteroatoms. The number of pyridine rings is 1. The second-order valence-corrected chi connectivity index (χ2v) is 8.17. The van der Waals surface area contributed by atoms with Crippen molar-refractivity contribution in [2.75, 3.05) is 14.2 Å². The highest BCUT2D eigenvalue weighted by Gasteiger charge is 2.24. The molecule has 3 aromatic heterocycles. The molecule has 156 valence electrons. The molecule has 0 radical (unpaired) electrons. The molecule has 0 spiro atoms. The van der Waals surface area contributed by atoms with E-state index in [2.05, 4.69) is 4.98 Å².